The number of hydrogen-bond donors (Lipinski definition) is 1. The monoisotopic (exact) mass is 267 g/mol. The third-order valence-electron chi connectivity index (χ3n) is 2.78. The number of Topliss-reactive ketones (excluding diaryl/α,β-unsaturated/α-hetero) is 1. The van der Waals surface area contributed by atoms with Crippen LogP contribution in [0, 0.1) is 0 Å². The van der Waals surface area contributed by atoms with Gasteiger partial charge in [-0.25, -0.2) is 0 Å². The Bertz CT molecular complexity index is 414. The van der Waals surface area contributed by atoms with Gasteiger partial charge in [0.25, 0.3) is 0 Å². The molecule has 2 unspecified atom stereocenters. The van der Waals surface area contributed by atoms with Gasteiger partial charge in [-0.3, -0.25) is 9.00 Å². The summed E-state index contributed by atoms with van der Waals surface area (Å²) in [7, 11) is -0.740. The molecule has 1 N–H and O–H groups in total. The van der Waals surface area contributed by atoms with Crippen LogP contribution in [0.25, 0.3) is 0 Å². The molecule has 0 aliphatic heterocycles. The van der Waals surface area contributed by atoms with Gasteiger partial charge in [0.05, 0.1) is 0 Å². The van der Waals surface area contributed by atoms with Crippen LogP contribution in [0.1, 0.15) is 37.0 Å². The maximum absolute atomic E-state index is 11.5. The first-order valence-corrected chi connectivity index (χ1v) is 7.95. The molecule has 3 nitrogen and oxygen atoms in total. The van der Waals surface area contributed by atoms with E-state index in [9.17, 15) is 9.00 Å². The van der Waals surface area contributed by atoms with Gasteiger partial charge in [-0.05, 0) is 37.6 Å². The summed E-state index contributed by atoms with van der Waals surface area (Å²) in [5, 5.41) is 3.34. The van der Waals surface area contributed by atoms with E-state index in [-0.39, 0.29) is 11.8 Å². The summed E-state index contributed by atoms with van der Waals surface area (Å²) in [6.45, 7) is 3.93. The Kier molecular flexibility index (Phi) is 6.05. The Morgan fingerprint density at radius 2 is 1.94 bits per heavy atom. The Morgan fingerprint density at radius 1 is 1.33 bits per heavy atom. The molecule has 0 saturated heterocycles. The number of ketones is 1. The molecule has 0 spiro atoms. The Hall–Kier alpha value is -1.16. The van der Waals surface area contributed by atoms with Gasteiger partial charge in [-0.1, -0.05) is 6.92 Å². The highest BCUT2D eigenvalue weighted by Gasteiger charge is 2.05. The summed E-state index contributed by atoms with van der Waals surface area (Å²) in [4.78, 5) is 11.5. The predicted molar refractivity (Wildman–Crippen MR) is 77.7 cm³/mol. The van der Waals surface area contributed by atoms with E-state index in [1.165, 1.54) is 0 Å². The molecule has 0 fully saturated rings. The molecule has 1 aromatic rings. The molecule has 0 saturated carbocycles. The lowest BCUT2D eigenvalue weighted by Gasteiger charge is -2.14. The van der Waals surface area contributed by atoms with E-state index < -0.39 is 10.8 Å². The average molecular weight is 267 g/mol. The summed E-state index contributed by atoms with van der Waals surface area (Å²) in [6.07, 6.45) is 3.13. The van der Waals surface area contributed by atoms with Crippen LogP contribution >= 0.6 is 0 Å². The van der Waals surface area contributed by atoms with Crippen molar-refractivity contribution in [3.63, 3.8) is 0 Å². The maximum atomic E-state index is 11.5. The number of benzene rings is 1. The second kappa shape index (κ2) is 7.31. The number of anilines is 1. The Balaban J connectivity index is 2.53. The minimum absolute atomic E-state index is 0.163. The molecule has 0 aromatic heterocycles. The standard InChI is InChI=1S/C14H21NO2S/c1-4-14(16)12-5-7-13(8-6-12)15-11(2)9-10-18(3)17/h5-8,11,15H,4,9-10H2,1-3H3. The number of carbonyl (C=O) groups excluding carboxylic acids is 1. The first-order valence-electron chi connectivity index (χ1n) is 6.22. The quantitative estimate of drug-likeness (QED) is 0.773. The van der Waals surface area contributed by atoms with E-state index >= 15 is 0 Å². The van der Waals surface area contributed by atoms with Gasteiger partial charge in [0.1, 0.15) is 0 Å². The third-order valence-corrected chi connectivity index (χ3v) is 3.59. The van der Waals surface area contributed by atoms with Gasteiger partial charge in [-0.15, -0.1) is 0 Å². The lowest BCUT2D eigenvalue weighted by molar-refractivity contribution is 0.0988. The normalized spacial score (nSPS) is 13.9. The van der Waals surface area contributed by atoms with Crippen LogP contribution in [0.15, 0.2) is 24.3 Å². The van der Waals surface area contributed by atoms with Crippen molar-refractivity contribution in [3.05, 3.63) is 29.8 Å². The van der Waals surface area contributed by atoms with Gasteiger partial charge in [0.2, 0.25) is 0 Å². The zero-order valence-electron chi connectivity index (χ0n) is 11.2. The molecule has 0 aliphatic carbocycles. The van der Waals surface area contributed by atoms with Crippen molar-refractivity contribution in [1.29, 1.82) is 0 Å². The number of carbonyl (C=O) groups is 1. The molecule has 18 heavy (non-hydrogen) atoms. The summed E-state index contributed by atoms with van der Waals surface area (Å²) in [6, 6.07) is 7.81. The highest BCUT2D eigenvalue weighted by Crippen LogP contribution is 2.13. The molecule has 0 bridgehead atoms. The molecule has 0 radical (unpaired) electrons. The molecule has 100 valence electrons. The highest BCUT2D eigenvalue weighted by molar-refractivity contribution is 7.84. The first-order chi connectivity index (χ1) is 8.52. The van der Waals surface area contributed by atoms with Gasteiger partial charge in [0.15, 0.2) is 5.78 Å². The third kappa shape index (κ3) is 5.00. The van der Waals surface area contributed by atoms with Crippen molar-refractivity contribution in [2.75, 3.05) is 17.3 Å². The molecule has 0 heterocycles. The van der Waals surface area contributed by atoms with E-state index in [0.29, 0.717) is 12.2 Å². The summed E-state index contributed by atoms with van der Waals surface area (Å²) >= 11 is 0. The molecule has 1 rings (SSSR count). The number of hydrogen-bond acceptors (Lipinski definition) is 3. The van der Waals surface area contributed by atoms with Crippen LogP contribution in [0.3, 0.4) is 0 Å². The first kappa shape index (κ1) is 14.9. The highest BCUT2D eigenvalue weighted by atomic mass is 32.2. The largest absolute Gasteiger partial charge is 0.383 e. The van der Waals surface area contributed by atoms with Crippen molar-refractivity contribution < 1.29 is 9.00 Å². The Labute approximate surface area is 111 Å². The average Bonchev–Trinajstić information content (AvgIpc) is 2.36. The van der Waals surface area contributed by atoms with E-state index in [0.717, 1.165) is 17.7 Å². The van der Waals surface area contributed by atoms with Crippen LogP contribution in [-0.4, -0.2) is 28.0 Å². The van der Waals surface area contributed by atoms with Gasteiger partial charge in [0, 0.05) is 46.5 Å². The minimum Gasteiger partial charge on any atom is -0.383 e. The van der Waals surface area contributed by atoms with E-state index in [4.69, 9.17) is 0 Å². The van der Waals surface area contributed by atoms with Crippen LogP contribution in [-0.2, 0) is 10.8 Å². The molecule has 1 aromatic carbocycles. The van der Waals surface area contributed by atoms with Gasteiger partial charge >= 0.3 is 0 Å². The summed E-state index contributed by atoms with van der Waals surface area (Å²) < 4.78 is 11.0. The molecule has 2 atom stereocenters. The molecule has 4 heteroatoms. The zero-order valence-corrected chi connectivity index (χ0v) is 12.0. The van der Waals surface area contributed by atoms with Gasteiger partial charge in [-0.2, -0.15) is 0 Å². The topological polar surface area (TPSA) is 46.2 Å². The lowest BCUT2D eigenvalue weighted by Crippen LogP contribution is -2.17. The lowest BCUT2D eigenvalue weighted by atomic mass is 10.1. The molecular formula is C14H21NO2S. The minimum atomic E-state index is -0.740. The van der Waals surface area contributed by atoms with Crippen LogP contribution < -0.4 is 5.32 Å². The van der Waals surface area contributed by atoms with E-state index in [1.807, 2.05) is 31.2 Å². The van der Waals surface area contributed by atoms with Crippen molar-refractivity contribution >= 4 is 22.3 Å². The van der Waals surface area contributed by atoms with Crippen LogP contribution in [0.4, 0.5) is 5.69 Å². The number of rotatable bonds is 7. The fourth-order valence-electron chi connectivity index (χ4n) is 1.66. The second-order valence-corrected chi connectivity index (χ2v) is 6.02. The molecular weight excluding hydrogens is 246 g/mol. The maximum Gasteiger partial charge on any atom is 0.162 e. The van der Waals surface area contributed by atoms with Crippen molar-refractivity contribution in [2.24, 2.45) is 0 Å². The van der Waals surface area contributed by atoms with E-state index in [1.54, 1.807) is 6.26 Å². The van der Waals surface area contributed by atoms with Crippen LogP contribution in [0.2, 0.25) is 0 Å². The molecule has 0 amide bonds. The fraction of sp³-hybridized carbons (Fsp3) is 0.500. The Morgan fingerprint density at radius 3 is 2.44 bits per heavy atom. The van der Waals surface area contributed by atoms with Crippen molar-refractivity contribution in [2.45, 2.75) is 32.7 Å². The SMILES string of the molecule is CCC(=O)c1ccc(NC(C)CCS(C)=O)cc1. The van der Waals surface area contributed by atoms with Crippen molar-refractivity contribution in [3.8, 4) is 0 Å². The smallest absolute Gasteiger partial charge is 0.162 e. The molecule has 0 aliphatic rings. The predicted octanol–water partition coefficient (Wildman–Crippen LogP) is 2.85. The zero-order chi connectivity index (χ0) is 13.5. The summed E-state index contributed by atoms with van der Waals surface area (Å²) in [5.41, 5.74) is 1.75. The van der Waals surface area contributed by atoms with E-state index in [2.05, 4.69) is 12.2 Å². The number of nitrogens with one attached hydrogen (secondary N) is 1. The van der Waals surface area contributed by atoms with Gasteiger partial charge < -0.3 is 5.32 Å². The summed E-state index contributed by atoms with van der Waals surface area (Å²) in [5.74, 6) is 0.872. The second-order valence-electron chi connectivity index (χ2n) is 4.47. The van der Waals surface area contributed by atoms with Crippen molar-refractivity contribution in [1.82, 2.24) is 0 Å². The van der Waals surface area contributed by atoms with Crippen LogP contribution in [0.5, 0.6) is 0 Å². The fourth-order valence-corrected chi connectivity index (χ4v) is 2.34.